The van der Waals surface area contributed by atoms with Gasteiger partial charge in [0, 0.05) is 24.8 Å². The second-order valence-electron chi connectivity index (χ2n) is 7.46. The summed E-state index contributed by atoms with van der Waals surface area (Å²) in [6.45, 7) is 2.76. The van der Waals surface area contributed by atoms with Crippen LogP contribution in [0.15, 0.2) is 67.1 Å². The van der Waals surface area contributed by atoms with Crippen LogP contribution in [0.3, 0.4) is 0 Å². The van der Waals surface area contributed by atoms with Gasteiger partial charge in [-0.05, 0) is 16.8 Å². The minimum Gasteiger partial charge on any atom is -0.382 e. The monoisotopic (exact) mass is 426 g/mol. The molecule has 0 unspecified atom stereocenters. The van der Waals surface area contributed by atoms with E-state index in [0.717, 1.165) is 35.1 Å². The summed E-state index contributed by atoms with van der Waals surface area (Å²) >= 11 is 0. The molecule has 0 saturated carbocycles. The lowest BCUT2D eigenvalue weighted by atomic mass is 10.0. The number of nitrogens with two attached hydrogens (primary N) is 1. The fourth-order valence-corrected chi connectivity index (χ4v) is 3.89. The van der Waals surface area contributed by atoms with Crippen molar-refractivity contribution in [2.24, 2.45) is 0 Å². The number of nitrogens with one attached hydrogen (secondary N) is 1. The minimum absolute atomic E-state index is 0.0725. The second-order valence-corrected chi connectivity index (χ2v) is 7.46. The Morgan fingerprint density at radius 1 is 1.03 bits per heavy atom. The molecule has 160 valence electrons. The van der Waals surface area contributed by atoms with Gasteiger partial charge in [0.25, 0.3) is 5.91 Å². The van der Waals surface area contributed by atoms with Crippen LogP contribution in [0.25, 0.3) is 22.0 Å². The first-order valence-electron chi connectivity index (χ1n) is 10.4. The molecular weight excluding hydrogens is 404 g/mol. The number of anilines is 3. The molecule has 3 N–H and O–H groups in total. The third-order valence-electron chi connectivity index (χ3n) is 5.48. The number of hydrogen-bond acceptors (Lipinski definition) is 7. The molecule has 1 fully saturated rings. The Morgan fingerprint density at radius 3 is 2.72 bits per heavy atom. The Labute approximate surface area is 185 Å². The van der Waals surface area contributed by atoms with Crippen molar-refractivity contribution in [3.63, 3.8) is 0 Å². The quantitative estimate of drug-likeness (QED) is 0.515. The average molecular weight is 426 g/mol. The number of fused-ring (bicyclic) bond motifs is 1. The van der Waals surface area contributed by atoms with E-state index >= 15 is 0 Å². The van der Waals surface area contributed by atoms with Gasteiger partial charge in [0.05, 0.1) is 42.7 Å². The molecule has 0 atom stereocenters. The lowest BCUT2D eigenvalue weighted by Gasteiger charge is -2.30. The van der Waals surface area contributed by atoms with Crippen molar-refractivity contribution >= 4 is 33.9 Å². The summed E-state index contributed by atoms with van der Waals surface area (Å²) in [5, 5.41) is 5.03. The van der Waals surface area contributed by atoms with Crippen molar-refractivity contribution in [2.45, 2.75) is 0 Å². The van der Waals surface area contributed by atoms with Crippen molar-refractivity contribution in [3.05, 3.63) is 72.8 Å². The van der Waals surface area contributed by atoms with Crippen molar-refractivity contribution in [2.75, 3.05) is 42.3 Å². The zero-order valence-corrected chi connectivity index (χ0v) is 17.4. The number of amides is 1. The highest BCUT2D eigenvalue weighted by Gasteiger charge is 2.20. The number of rotatable bonds is 4. The van der Waals surface area contributed by atoms with Crippen LogP contribution in [-0.4, -0.2) is 47.2 Å². The van der Waals surface area contributed by atoms with Crippen molar-refractivity contribution in [1.82, 2.24) is 15.0 Å². The normalized spacial score (nSPS) is 13.8. The number of benzene rings is 2. The zero-order chi connectivity index (χ0) is 21.9. The number of ether oxygens (including phenoxy) is 1. The lowest BCUT2D eigenvalue weighted by Crippen LogP contribution is -2.36. The number of carbonyl (C=O) groups excluding carboxylic acids is 1. The summed E-state index contributed by atoms with van der Waals surface area (Å²) in [5.74, 6) is -0.358. The number of aromatic nitrogens is 3. The van der Waals surface area contributed by atoms with Gasteiger partial charge < -0.3 is 20.7 Å². The van der Waals surface area contributed by atoms with Crippen LogP contribution in [0.4, 0.5) is 17.2 Å². The third-order valence-corrected chi connectivity index (χ3v) is 5.48. The van der Waals surface area contributed by atoms with Gasteiger partial charge in [0.1, 0.15) is 0 Å². The lowest BCUT2D eigenvalue weighted by molar-refractivity contribution is 0.102. The molecule has 5 rings (SSSR count). The van der Waals surface area contributed by atoms with Crippen LogP contribution in [0, 0.1) is 0 Å². The molecule has 1 amide bonds. The predicted octanol–water partition coefficient (Wildman–Crippen LogP) is 3.36. The predicted molar refractivity (Wildman–Crippen MR) is 125 cm³/mol. The Morgan fingerprint density at radius 2 is 1.84 bits per heavy atom. The second kappa shape index (κ2) is 8.60. The number of morpholine rings is 1. The van der Waals surface area contributed by atoms with E-state index in [1.54, 1.807) is 18.6 Å². The maximum absolute atomic E-state index is 13.2. The van der Waals surface area contributed by atoms with Crippen molar-refractivity contribution < 1.29 is 9.53 Å². The highest BCUT2D eigenvalue weighted by atomic mass is 16.5. The van der Waals surface area contributed by atoms with Crippen LogP contribution < -0.4 is 16.0 Å². The molecule has 32 heavy (non-hydrogen) atoms. The largest absolute Gasteiger partial charge is 0.382 e. The van der Waals surface area contributed by atoms with Gasteiger partial charge in [-0.3, -0.25) is 9.78 Å². The maximum atomic E-state index is 13.2. The Hall–Kier alpha value is -4.04. The zero-order valence-electron chi connectivity index (χ0n) is 17.4. The van der Waals surface area contributed by atoms with Crippen molar-refractivity contribution in [3.8, 4) is 11.3 Å². The van der Waals surface area contributed by atoms with Crippen LogP contribution in [0.5, 0.6) is 0 Å². The summed E-state index contributed by atoms with van der Waals surface area (Å²) in [5.41, 5.74) is 9.06. The molecule has 0 bridgehead atoms. The first-order valence-corrected chi connectivity index (χ1v) is 10.4. The van der Waals surface area contributed by atoms with Crippen LogP contribution in [-0.2, 0) is 4.74 Å². The molecule has 3 heterocycles. The Kier molecular flexibility index (Phi) is 5.35. The fourth-order valence-electron chi connectivity index (χ4n) is 3.89. The van der Waals surface area contributed by atoms with E-state index in [-0.39, 0.29) is 11.5 Å². The first-order chi connectivity index (χ1) is 15.7. The molecule has 0 spiro atoms. The number of nitrogen functional groups attached to an aromatic ring is 1. The molecule has 8 nitrogen and oxygen atoms in total. The third kappa shape index (κ3) is 3.83. The van der Waals surface area contributed by atoms with E-state index in [9.17, 15) is 4.79 Å². The van der Waals surface area contributed by atoms with Gasteiger partial charge in [-0.15, -0.1) is 0 Å². The SMILES string of the molecule is Nc1ncc(-c2cccc3ccccc23)nc1C(=O)Nc1cnccc1N1CCOCC1. The number of hydrogen-bond donors (Lipinski definition) is 2. The fraction of sp³-hybridized carbons (Fsp3) is 0.167. The highest BCUT2D eigenvalue weighted by Crippen LogP contribution is 2.29. The van der Waals surface area contributed by atoms with Gasteiger partial charge in [0.15, 0.2) is 11.5 Å². The summed E-state index contributed by atoms with van der Waals surface area (Å²) in [6.07, 6.45) is 4.92. The van der Waals surface area contributed by atoms with Crippen molar-refractivity contribution in [1.29, 1.82) is 0 Å². The molecule has 0 aliphatic carbocycles. The van der Waals surface area contributed by atoms with Gasteiger partial charge in [-0.2, -0.15) is 0 Å². The molecule has 1 aliphatic rings. The van der Waals surface area contributed by atoms with Gasteiger partial charge >= 0.3 is 0 Å². The first kappa shape index (κ1) is 19.9. The minimum atomic E-state index is -0.431. The molecule has 0 radical (unpaired) electrons. The standard InChI is InChI=1S/C24H22N6O2/c25-23-22(24(31)29-20-14-26-9-8-21(20)30-10-12-32-13-11-30)28-19(15-27-23)18-7-3-5-16-4-1-2-6-17(16)18/h1-9,14-15H,10-13H2,(H2,25,27)(H,29,31). The topological polar surface area (TPSA) is 106 Å². The number of carbonyl (C=O) groups is 1. The molecule has 1 saturated heterocycles. The van der Waals surface area contributed by atoms with E-state index in [0.29, 0.717) is 24.6 Å². The smallest absolute Gasteiger partial charge is 0.278 e. The summed E-state index contributed by atoms with van der Waals surface area (Å²) in [6, 6.07) is 15.8. The van der Waals surface area contributed by atoms with Gasteiger partial charge in [0.2, 0.25) is 0 Å². The van der Waals surface area contributed by atoms with E-state index < -0.39 is 5.91 Å². The average Bonchev–Trinajstić information content (AvgIpc) is 2.85. The van der Waals surface area contributed by atoms with Crippen LogP contribution in [0.1, 0.15) is 10.5 Å². The molecular formula is C24H22N6O2. The molecule has 4 aromatic rings. The molecule has 8 heteroatoms. The van der Waals surface area contributed by atoms with E-state index in [1.807, 2.05) is 48.5 Å². The molecule has 2 aromatic carbocycles. The Balaban J connectivity index is 1.48. The van der Waals surface area contributed by atoms with E-state index in [1.165, 1.54) is 0 Å². The van der Waals surface area contributed by atoms with Crippen LogP contribution >= 0.6 is 0 Å². The summed E-state index contributed by atoms with van der Waals surface area (Å²) < 4.78 is 5.43. The van der Waals surface area contributed by atoms with Crippen LogP contribution in [0.2, 0.25) is 0 Å². The van der Waals surface area contributed by atoms with E-state index in [2.05, 4.69) is 25.2 Å². The van der Waals surface area contributed by atoms with Gasteiger partial charge in [-0.1, -0.05) is 42.5 Å². The van der Waals surface area contributed by atoms with E-state index in [4.69, 9.17) is 10.5 Å². The number of pyridine rings is 1. The maximum Gasteiger partial charge on any atom is 0.278 e. The number of nitrogens with zero attached hydrogens (tertiary/aromatic N) is 4. The van der Waals surface area contributed by atoms with Gasteiger partial charge in [-0.25, -0.2) is 9.97 Å². The molecule has 1 aliphatic heterocycles. The summed E-state index contributed by atoms with van der Waals surface area (Å²) in [7, 11) is 0. The highest BCUT2D eigenvalue weighted by molar-refractivity contribution is 6.07. The molecule has 2 aromatic heterocycles. The summed E-state index contributed by atoms with van der Waals surface area (Å²) in [4.78, 5) is 28.3. The Bertz CT molecular complexity index is 1280.